The van der Waals surface area contributed by atoms with Gasteiger partial charge in [0, 0.05) is 23.9 Å². The number of benzene rings is 1. The Morgan fingerprint density at radius 1 is 1.17 bits per heavy atom. The molecule has 0 saturated heterocycles. The molecule has 1 aromatic heterocycles. The Balaban J connectivity index is 2.45. The van der Waals surface area contributed by atoms with Crippen LogP contribution in [-0.2, 0) is 5.54 Å². The molecule has 9 nitrogen and oxygen atoms in total. The molecular weight excluding hydrogens is 310 g/mol. The fourth-order valence-corrected chi connectivity index (χ4v) is 2.61. The lowest BCUT2D eigenvalue weighted by atomic mass is 9.89. The molecule has 0 aliphatic carbocycles. The zero-order valence-corrected chi connectivity index (χ0v) is 11.8. The first-order valence-corrected chi connectivity index (χ1v) is 6.47. The van der Waals surface area contributed by atoms with Gasteiger partial charge in [0.25, 0.3) is 5.69 Å². The Kier molecular flexibility index (Phi) is 2.95. The molecule has 1 aliphatic rings. The third-order valence-electron chi connectivity index (χ3n) is 3.73. The summed E-state index contributed by atoms with van der Waals surface area (Å²) in [7, 11) is 0. The van der Waals surface area contributed by atoms with E-state index in [-0.39, 0.29) is 33.9 Å². The second kappa shape index (κ2) is 4.84. The Morgan fingerprint density at radius 2 is 1.88 bits per heavy atom. The molecule has 112 valence electrons. The Labute approximate surface area is 134 Å². The third kappa shape index (κ3) is 1.70. The average Bonchev–Trinajstić information content (AvgIpc) is 2.97. The minimum absolute atomic E-state index is 0.0316. The van der Waals surface area contributed by atoms with Crippen molar-refractivity contribution in [3.63, 3.8) is 0 Å². The first kappa shape index (κ1) is 14.6. The number of nitrogens with one attached hydrogen (secondary N) is 1. The molecule has 0 atom stereocenters. The Hall–Kier alpha value is -4.34. The van der Waals surface area contributed by atoms with Crippen LogP contribution in [0.25, 0.3) is 5.69 Å². The molecule has 2 heterocycles. The first-order chi connectivity index (χ1) is 11.5. The van der Waals surface area contributed by atoms with Gasteiger partial charge in [0.1, 0.15) is 35.7 Å². The zero-order chi connectivity index (χ0) is 17.5. The van der Waals surface area contributed by atoms with E-state index in [0.29, 0.717) is 0 Å². The van der Waals surface area contributed by atoms with Crippen LogP contribution in [0.4, 0.5) is 11.5 Å². The van der Waals surface area contributed by atoms with Gasteiger partial charge in [0.05, 0.1) is 16.2 Å². The molecule has 0 radical (unpaired) electrons. The van der Waals surface area contributed by atoms with Gasteiger partial charge in [-0.3, -0.25) is 10.1 Å². The van der Waals surface area contributed by atoms with Crippen LogP contribution in [0.1, 0.15) is 16.7 Å². The molecule has 3 rings (SSSR count). The lowest BCUT2D eigenvalue weighted by Gasteiger charge is -2.30. The van der Waals surface area contributed by atoms with E-state index < -0.39 is 10.5 Å². The van der Waals surface area contributed by atoms with Gasteiger partial charge >= 0.3 is 0 Å². The van der Waals surface area contributed by atoms with Crippen molar-refractivity contribution in [3.05, 3.63) is 51.2 Å². The second-order valence-electron chi connectivity index (χ2n) is 4.92. The van der Waals surface area contributed by atoms with Crippen molar-refractivity contribution in [3.8, 4) is 30.0 Å². The predicted molar refractivity (Wildman–Crippen MR) is 78.4 cm³/mol. The summed E-state index contributed by atoms with van der Waals surface area (Å²) in [5, 5.41) is 51.1. The van der Waals surface area contributed by atoms with Crippen LogP contribution < -0.4 is 5.32 Å². The molecule has 0 amide bonds. The van der Waals surface area contributed by atoms with Gasteiger partial charge in [-0.05, 0) is 6.07 Å². The largest absolute Gasteiger partial charge is 0.337 e. The number of nitro benzene ring substituents is 1. The van der Waals surface area contributed by atoms with Crippen molar-refractivity contribution >= 4 is 11.5 Å². The summed E-state index contributed by atoms with van der Waals surface area (Å²) in [4.78, 5) is 10.4. The van der Waals surface area contributed by atoms with Gasteiger partial charge < -0.3 is 9.88 Å². The molecule has 0 spiro atoms. The molecule has 0 saturated carbocycles. The highest BCUT2D eigenvalue weighted by atomic mass is 16.6. The van der Waals surface area contributed by atoms with Crippen molar-refractivity contribution in [2.75, 3.05) is 5.32 Å². The van der Waals surface area contributed by atoms with E-state index in [0.717, 1.165) is 0 Å². The second-order valence-corrected chi connectivity index (χ2v) is 4.92. The molecule has 2 aromatic rings. The zero-order valence-electron chi connectivity index (χ0n) is 11.8. The monoisotopic (exact) mass is 315 g/mol. The third-order valence-corrected chi connectivity index (χ3v) is 3.73. The lowest BCUT2D eigenvalue weighted by molar-refractivity contribution is -0.384. The summed E-state index contributed by atoms with van der Waals surface area (Å²) >= 11 is 0. The number of hydrogen-bond acceptors (Lipinski definition) is 7. The molecule has 1 aliphatic heterocycles. The topological polar surface area (TPSA) is 155 Å². The maximum absolute atomic E-state index is 11.0. The SMILES string of the molecule is N#Cc1cn2c(c1C#N)NC(C#N)(C#N)c1ccc([N+](=O)[O-])cc1-2. The highest BCUT2D eigenvalue weighted by Gasteiger charge is 2.42. The minimum Gasteiger partial charge on any atom is -0.337 e. The number of anilines is 1. The van der Waals surface area contributed by atoms with Crippen LogP contribution >= 0.6 is 0 Å². The van der Waals surface area contributed by atoms with Crippen molar-refractivity contribution in [1.29, 1.82) is 21.0 Å². The average molecular weight is 315 g/mol. The summed E-state index contributed by atoms with van der Waals surface area (Å²) in [6.07, 6.45) is 1.34. The summed E-state index contributed by atoms with van der Waals surface area (Å²) in [6.45, 7) is 0. The number of nitro groups is 1. The molecular formula is C15H5N7O2. The quantitative estimate of drug-likeness (QED) is 0.621. The maximum Gasteiger partial charge on any atom is 0.271 e. The van der Waals surface area contributed by atoms with Crippen LogP contribution in [0.15, 0.2) is 24.4 Å². The van der Waals surface area contributed by atoms with E-state index in [4.69, 9.17) is 5.26 Å². The molecule has 24 heavy (non-hydrogen) atoms. The van der Waals surface area contributed by atoms with Gasteiger partial charge in [0.15, 0.2) is 0 Å². The highest BCUT2D eigenvalue weighted by molar-refractivity contribution is 5.74. The van der Waals surface area contributed by atoms with Crippen LogP contribution in [-0.4, -0.2) is 9.49 Å². The minimum atomic E-state index is -1.82. The van der Waals surface area contributed by atoms with Crippen LogP contribution in [0.3, 0.4) is 0 Å². The first-order valence-electron chi connectivity index (χ1n) is 6.47. The highest BCUT2D eigenvalue weighted by Crippen LogP contribution is 2.41. The molecule has 0 unspecified atom stereocenters. The van der Waals surface area contributed by atoms with E-state index in [9.17, 15) is 25.9 Å². The van der Waals surface area contributed by atoms with Gasteiger partial charge in [-0.25, -0.2) is 0 Å². The fraction of sp³-hybridized carbons (Fsp3) is 0.0667. The number of non-ortho nitro benzene ring substituents is 1. The van der Waals surface area contributed by atoms with Crippen molar-refractivity contribution in [1.82, 2.24) is 4.57 Å². The number of nitriles is 4. The lowest BCUT2D eigenvalue weighted by Crippen LogP contribution is -2.37. The number of hydrogen-bond donors (Lipinski definition) is 1. The number of nitrogens with zero attached hydrogens (tertiary/aromatic N) is 6. The van der Waals surface area contributed by atoms with Crippen LogP contribution in [0.5, 0.6) is 0 Å². The molecule has 9 heteroatoms. The number of aromatic nitrogens is 1. The van der Waals surface area contributed by atoms with Crippen molar-refractivity contribution < 1.29 is 4.92 Å². The summed E-state index contributed by atoms with van der Waals surface area (Å²) < 4.78 is 1.37. The summed E-state index contributed by atoms with van der Waals surface area (Å²) in [6, 6.07) is 11.1. The van der Waals surface area contributed by atoms with Gasteiger partial charge in [-0.1, -0.05) is 0 Å². The fourth-order valence-electron chi connectivity index (χ4n) is 2.61. The van der Waals surface area contributed by atoms with E-state index in [1.807, 2.05) is 24.3 Å². The van der Waals surface area contributed by atoms with Gasteiger partial charge in [-0.15, -0.1) is 0 Å². The Bertz CT molecular complexity index is 1060. The standard InChI is InChI=1S/C15H5N7O2/c16-4-9-6-21-13-3-10(22(23)24)1-2-12(13)15(7-18,8-19)20-14(21)11(9)5-17/h1-3,6,20H. The van der Waals surface area contributed by atoms with Crippen molar-refractivity contribution in [2.45, 2.75) is 5.54 Å². The van der Waals surface area contributed by atoms with E-state index in [1.165, 1.54) is 29.0 Å². The number of fused-ring (bicyclic) bond motifs is 3. The Morgan fingerprint density at radius 3 is 2.42 bits per heavy atom. The summed E-state index contributed by atoms with van der Waals surface area (Å²) in [5.41, 5.74) is -1.67. The van der Waals surface area contributed by atoms with Gasteiger partial charge in [0.2, 0.25) is 5.54 Å². The predicted octanol–water partition coefficient (Wildman–Crippen LogP) is 1.80. The van der Waals surface area contributed by atoms with Crippen LogP contribution in [0.2, 0.25) is 0 Å². The molecule has 0 fully saturated rings. The van der Waals surface area contributed by atoms with E-state index >= 15 is 0 Å². The molecule has 1 N–H and O–H groups in total. The normalized spacial score (nSPS) is 13.0. The van der Waals surface area contributed by atoms with Crippen LogP contribution in [0, 0.1) is 55.4 Å². The summed E-state index contributed by atoms with van der Waals surface area (Å²) in [5.74, 6) is 0.0742. The maximum atomic E-state index is 11.0. The van der Waals surface area contributed by atoms with E-state index in [1.54, 1.807) is 0 Å². The van der Waals surface area contributed by atoms with Gasteiger partial charge in [-0.2, -0.15) is 21.0 Å². The van der Waals surface area contributed by atoms with E-state index in [2.05, 4.69) is 5.32 Å². The number of rotatable bonds is 1. The smallest absolute Gasteiger partial charge is 0.271 e. The molecule has 1 aromatic carbocycles. The molecule has 0 bridgehead atoms. The van der Waals surface area contributed by atoms with Crippen molar-refractivity contribution in [2.24, 2.45) is 0 Å².